The molecule has 0 unspecified atom stereocenters. The van der Waals surface area contributed by atoms with E-state index in [1.54, 1.807) is 18.5 Å². The van der Waals surface area contributed by atoms with Crippen LogP contribution in [0.2, 0.25) is 0 Å². The Morgan fingerprint density at radius 2 is 1.73 bits per heavy atom. The second kappa shape index (κ2) is 8.23. The number of hydrogen-bond donors (Lipinski definition) is 1. The van der Waals surface area contributed by atoms with Crippen molar-refractivity contribution in [2.24, 2.45) is 0 Å². The normalized spacial score (nSPS) is 10.9. The highest BCUT2D eigenvalue weighted by atomic mass is 79.9. The molecule has 0 saturated carbocycles. The predicted octanol–water partition coefficient (Wildman–Crippen LogP) is 5.25. The zero-order valence-electron chi connectivity index (χ0n) is 16.8. The summed E-state index contributed by atoms with van der Waals surface area (Å²) in [6.45, 7) is 6.00. The molecule has 0 fully saturated rings. The minimum absolute atomic E-state index is 0.0695. The number of nitrogens with one attached hydrogen (secondary N) is 1. The van der Waals surface area contributed by atoms with Crippen molar-refractivity contribution in [1.82, 2.24) is 19.5 Å². The summed E-state index contributed by atoms with van der Waals surface area (Å²) >= 11 is 3.36. The molecule has 0 atom stereocenters. The highest BCUT2D eigenvalue weighted by Gasteiger charge is 2.10. The van der Waals surface area contributed by atoms with Gasteiger partial charge in [0, 0.05) is 16.4 Å². The molecule has 0 aliphatic rings. The molecule has 30 heavy (non-hydrogen) atoms. The summed E-state index contributed by atoms with van der Waals surface area (Å²) in [4.78, 5) is 25.6. The molecule has 8 heteroatoms. The monoisotopic (exact) mass is 465 g/mol. The third-order valence-corrected chi connectivity index (χ3v) is 5.28. The highest BCUT2D eigenvalue weighted by Crippen LogP contribution is 2.22. The van der Waals surface area contributed by atoms with E-state index < -0.39 is 6.09 Å². The summed E-state index contributed by atoms with van der Waals surface area (Å²) in [7, 11) is 0. The molecule has 2 aromatic carbocycles. The molecular weight excluding hydrogens is 446 g/mol. The molecule has 4 aromatic rings. The fourth-order valence-corrected chi connectivity index (χ4v) is 3.31. The third-order valence-electron chi connectivity index (χ3n) is 4.75. The van der Waals surface area contributed by atoms with Gasteiger partial charge in [-0.3, -0.25) is 5.32 Å². The highest BCUT2D eigenvalue weighted by molar-refractivity contribution is 9.10. The standard InChI is InChI=1S/C22H20BrN5O2/c1-13-8-19-20(26-15(3)14(2)25-19)9-21(13)28-10-18(24-12-28)11-30-22(29)27-17-6-4-16(23)5-7-17/h4-10,12H,11H2,1-3H3,(H,27,29). The molecule has 1 N–H and O–H groups in total. The predicted molar refractivity (Wildman–Crippen MR) is 119 cm³/mol. The maximum atomic E-state index is 12.0. The number of aromatic nitrogens is 4. The van der Waals surface area contributed by atoms with Crippen LogP contribution in [0.3, 0.4) is 0 Å². The van der Waals surface area contributed by atoms with E-state index in [0.29, 0.717) is 11.4 Å². The fraction of sp³-hybridized carbons (Fsp3) is 0.182. The molecule has 152 valence electrons. The Morgan fingerprint density at radius 1 is 1.07 bits per heavy atom. The molecule has 0 spiro atoms. The van der Waals surface area contributed by atoms with Crippen molar-refractivity contribution in [1.29, 1.82) is 0 Å². The second-order valence-corrected chi connectivity index (χ2v) is 7.92. The summed E-state index contributed by atoms with van der Waals surface area (Å²) in [6.07, 6.45) is 3.01. The van der Waals surface area contributed by atoms with Crippen molar-refractivity contribution in [2.75, 3.05) is 5.32 Å². The average molecular weight is 466 g/mol. The molecule has 1 amide bonds. The average Bonchev–Trinajstić information content (AvgIpc) is 3.18. The van der Waals surface area contributed by atoms with E-state index in [9.17, 15) is 4.79 Å². The lowest BCUT2D eigenvalue weighted by molar-refractivity contribution is 0.154. The lowest BCUT2D eigenvalue weighted by atomic mass is 10.1. The molecular formula is C22H20BrN5O2. The Morgan fingerprint density at radius 3 is 2.43 bits per heavy atom. The van der Waals surface area contributed by atoms with Gasteiger partial charge in [-0.05, 0) is 62.7 Å². The van der Waals surface area contributed by atoms with Crippen molar-refractivity contribution in [3.05, 3.63) is 76.0 Å². The summed E-state index contributed by atoms with van der Waals surface area (Å²) in [5, 5.41) is 2.69. The largest absolute Gasteiger partial charge is 0.443 e. The maximum Gasteiger partial charge on any atom is 0.412 e. The molecule has 2 aromatic heterocycles. The zero-order valence-corrected chi connectivity index (χ0v) is 18.4. The van der Waals surface area contributed by atoms with E-state index in [2.05, 4.69) is 36.2 Å². The lowest BCUT2D eigenvalue weighted by Crippen LogP contribution is -2.13. The van der Waals surface area contributed by atoms with Gasteiger partial charge < -0.3 is 9.30 Å². The van der Waals surface area contributed by atoms with Crippen LogP contribution in [0.25, 0.3) is 16.7 Å². The first-order valence-electron chi connectivity index (χ1n) is 9.37. The Hall–Kier alpha value is -3.26. The van der Waals surface area contributed by atoms with Crippen molar-refractivity contribution in [3.8, 4) is 5.69 Å². The number of amides is 1. The van der Waals surface area contributed by atoms with Gasteiger partial charge in [0.1, 0.15) is 6.61 Å². The molecule has 0 saturated heterocycles. The number of imidazole rings is 1. The van der Waals surface area contributed by atoms with Gasteiger partial charge in [0.05, 0.1) is 40.1 Å². The minimum Gasteiger partial charge on any atom is -0.443 e. The first-order chi connectivity index (χ1) is 14.4. The van der Waals surface area contributed by atoms with Crippen molar-refractivity contribution in [3.63, 3.8) is 0 Å². The maximum absolute atomic E-state index is 12.0. The number of carbonyl (C=O) groups excluding carboxylic acids is 1. The van der Waals surface area contributed by atoms with E-state index in [1.165, 1.54) is 0 Å². The molecule has 0 aliphatic heterocycles. The number of carbonyl (C=O) groups is 1. The summed E-state index contributed by atoms with van der Waals surface area (Å²) in [5.74, 6) is 0. The first kappa shape index (κ1) is 20.0. The van der Waals surface area contributed by atoms with Crippen LogP contribution in [0, 0.1) is 20.8 Å². The van der Waals surface area contributed by atoms with Gasteiger partial charge >= 0.3 is 6.09 Å². The Balaban J connectivity index is 1.47. The number of fused-ring (bicyclic) bond motifs is 1. The van der Waals surface area contributed by atoms with Crippen LogP contribution in [0.4, 0.5) is 10.5 Å². The lowest BCUT2D eigenvalue weighted by Gasteiger charge is -2.09. The van der Waals surface area contributed by atoms with Crippen molar-refractivity contribution >= 4 is 38.7 Å². The number of halogens is 1. The van der Waals surface area contributed by atoms with Gasteiger partial charge in [-0.2, -0.15) is 0 Å². The van der Waals surface area contributed by atoms with Crippen LogP contribution < -0.4 is 5.32 Å². The van der Waals surface area contributed by atoms with E-state index in [-0.39, 0.29) is 6.61 Å². The van der Waals surface area contributed by atoms with Crippen molar-refractivity contribution in [2.45, 2.75) is 27.4 Å². The van der Waals surface area contributed by atoms with Gasteiger partial charge in [-0.1, -0.05) is 15.9 Å². The van der Waals surface area contributed by atoms with Crippen molar-refractivity contribution < 1.29 is 9.53 Å². The molecule has 0 aliphatic carbocycles. The quantitative estimate of drug-likeness (QED) is 0.444. The van der Waals surface area contributed by atoms with E-state index >= 15 is 0 Å². The summed E-state index contributed by atoms with van der Waals surface area (Å²) < 4.78 is 8.12. The number of anilines is 1. The minimum atomic E-state index is -0.533. The van der Waals surface area contributed by atoms with Crippen LogP contribution >= 0.6 is 15.9 Å². The van der Waals surface area contributed by atoms with Gasteiger partial charge in [0.2, 0.25) is 0 Å². The fourth-order valence-electron chi connectivity index (χ4n) is 3.05. The topological polar surface area (TPSA) is 81.9 Å². The first-order valence-corrected chi connectivity index (χ1v) is 10.2. The number of nitrogens with zero attached hydrogens (tertiary/aromatic N) is 4. The van der Waals surface area contributed by atoms with Crippen LogP contribution in [-0.4, -0.2) is 25.6 Å². The number of benzene rings is 2. The van der Waals surface area contributed by atoms with E-state index in [0.717, 1.165) is 38.1 Å². The number of hydrogen-bond acceptors (Lipinski definition) is 5. The van der Waals surface area contributed by atoms with Gasteiger partial charge in [-0.15, -0.1) is 0 Å². The zero-order chi connectivity index (χ0) is 21.3. The van der Waals surface area contributed by atoms with E-state index in [1.807, 2.05) is 55.8 Å². The Kier molecular flexibility index (Phi) is 5.50. The number of rotatable bonds is 4. The van der Waals surface area contributed by atoms with E-state index in [4.69, 9.17) is 4.74 Å². The molecule has 0 radical (unpaired) electrons. The smallest absolute Gasteiger partial charge is 0.412 e. The number of aryl methyl sites for hydroxylation is 3. The van der Waals surface area contributed by atoms with Gasteiger partial charge in [0.15, 0.2) is 0 Å². The summed E-state index contributed by atoms with van der Waals surface area (Å²) in [6, 6.07) is 11.3. The van der Waals surface area contributed by atoms with Gasteiger partial charge in [-0.25, -0.2) is 19.7 Å². The SMILES string of the molecule is Cc1cc2nc(C)c(C)nc2cc1-n1cnc(COC(=O)Nc2ccc(Br)cc2)c1. The molecule has 4 rings (SSSR count). The third kappa shape index (κ3) is 4.33. The van der Waals surface area contributed by atoms with Crippen LogP contribution in [-0.2, 0) is 11.3 Å². The van der Waals surface area contributed by atoms with Crippen LogP contribution in [0.5, 0.6) is 0 Å². The second-order valence-electron chi connectivity index (χ2n) is 7.00. The Labute approximate surface area is 182 Å². The molecule has 7 nitrogen and oxygen atoms in total. The molecule has 0 bridgehead atoms. The van der Waals surface area contributed by atoms with Crippen LogP contribution in [0.15, 0.2) is 53.4 Å². The Bertz CT molecular complexity index is 1230. The molecule has 2 heterocycles. The summed E-state index contributed by atoms with van der Waals surface area (Å²) in [5.41, 5.74) is 6.86. The van der Waals surface area contributed by atoms with Crippen LogP contribution in [0.1, 0.15) is 22.6 Å². The van der Waals surface area contributed by atoms with Gasteiger partial charge in [0.25, 0.3) is 0 Å². The number of ether oxygens (including phenoxy) is 1.